The minimum absolute atomic E-state index is 0.105. The van der Waals surface area contributed by atoms with Crippen molar-refractivity contribution in [2.75, 3.05) is 26.2 Å². The maximum Gasteiger partial charge on any atom is 0.234 e. The smallest absolute Gasteiger partial charge is 0.234 e. The van der Waals surface area contributed by atoms with Crippen LogP contribution in [0.3, 0.4) is 0 Å². The molecular formula is C15H28N2O2. The van der Waals surface area contributed by atoms with E-state index in [9.17, 15) is 4.79 Å². The third-order valence-electron chi connectivity index (χ3n) is 4.19. The van der Waals surface area contributed by atoms with Gasteiger partial charge in [-0.15, -0.1) is 0 Å². The summed E-state index contributed by atoms with van der Waals surface area (Å²) in [6.45, 7) is 12.1. The molecule has 1 unspecified atom stereocenters. The number of hydrogen-bond acceptors (Lipinski definition) is 3. The molecule has 1 atom stereocenters. The Labute approximate surface area is 116 Å². The molecular weight excluding hydrogens is 240 g/mol. The molecule has 4 nitrogen and oxygen atoms in total. The number of nitrogens with zero attached hydrogens (tertiary/aromatic N) is 1. The van der Waals surface area contributed by atoms with Gasteiger partial charge in [0.2, 0.25) is 5.91 Å². The lowest BCUT2D eigenvalue weighted by Crippen LogP contribution is -2.48. The van der Waals surface area contributed by atoms with Gasteiger partial charge in [0.1, 0.15) is 0 Å². The summed E-state index contributed by atoms with van der Waals surface area (Å²) in [5.41, 5.74) is 0.257. The van der Waals surface area contributed by atoms with Crippen LogP contribution in [0.25, 0.3) is 0 Å². The number of likely N-dealkylation sites (tertiary alicyclic amines) is 1. The fourth-order valence-electron chi connectivity index (χ4n) is 3.19. The number of ether oxygens (including phenoxy) is 1. The first kappa shape index (κ1) is 14.8. The van der Waals surface area contributed by atoms with Gasteiger partial charge in [0.15, 0.2) is 0 Å². The predicted molar refractivity (Wildman–Crippen MR) is 76.0 cm³/mol. The van der Waals surface area contributed by atoms with Crippen molar-refractivity contribution in [1.82, 2.24) is 10.2 Å². The van der Waals surface area contributed by atoms with E-state index in [1.165, 1.54) is 6.42 Å². The van der Waals surface area contributed by atoms with Crippen molar-refractivity contribution in [3.05, 3.63) is 0 Å². The Hall–Kier alpha value is -0.610. The number of carbonyl (C=O) groups excluding carboxylic acids is 1. The largest absolute Gasteiger partial charge is 0.375 e. The van der Waals surface area contributed by atoms with Crippen LogP contribution in [-0.4, -0.2) is 48.7 Å². The molecule has 1 N–H and O–H groups in total. The van der Waals surface area contributed by atoms with Crippen molar-refractivity contribution < 1.29 is 9.53 Å². The zero-order chi connectivity index (χ0) is 14.1. The van der Waals surface area contributed by atoms with Gasteiger partial charge in [-0.3, -0.25) is 9.69 Å². The molecule has 19 heavy (non-hydrogen) atoms. The van der Waals surface area contributed by atoms with E-state index in [0.717, 1.165) is 32.5 Å². The second-order valence-corrected chi connectivity index (χ2v) is 7.49. The Morgan fingerprint density at radius 1 is 1.37 bits per heavy atom. The molecule has 2 aliphatic rings. The van der Waals surface area contributed by atoms with E-state index in [1.807, 2.05) is 0 Å². The molecule has 2 aliphatic heterocycles. The third-order valence-corrected chi connectivity index (χ3v) is 4.19. The second kappa shape index (κ2) is 5.41. The van der Waals surface area contributed by atoms with Crippen molar-refractivity contribution in [2.45, 2.75) is 58.6 Å². The molecule has 0 aliphatic carbocycles. The number of hydrogen-bond donors (Lipinski definition) is 1. The Morgan fingerprint density at radius 3 is 2.68 bits per heavy atom. The van der Waals surface area contributed by atoms with Crippen LogP contribution in [0.2, 0.25) is 0 Å². The highest BCUT2D eigenvalue weighted by Crippen LogP contribution is 2.28. The molecule has 1 amide bonds. The van der Waals surface area contributed by atoms with Crippen LogP contribution >= 0.6 is 0 Å². The van der Waals surface area contributed by atoms with E-state index in [0.29, 0.717) is 12.0 Å². The Morgan fingerprint density at radius 2 is 2.11 bits per heavy atom. The maximum atomic E-state index is 12.1. The molecule has 2 heterocycles. The van der Waals surface area contributed by atoms with E-state index in [1.54, 1.807) is 0 Å². The molecule has 0 saturated carbocycles. The molecule has 0 spiro atoms. The lowest BCUT2D eigenvalue weighted by Gasteiger charge is -2.36. The fourth-order valence-corrected chi connectivity index (χ4v) is 3.19. The Balaban J connectivity index is 1.76. The molecule has 2 rings (SSSR count). The van der Waals surface area contributed by atoms with Crippen LogP contribution in [0.1, 0.15) is 47.0 Å². The number of carbonyl (C=O) groups is 1. The summed E-state index contributed by atoms with van der Waals surface area (Å²) < 4.78 is 5.68. The summed E-state index contributed by atoms with van der Waals surface area (Å²) in [5.74, 6) is 0.167. The normalized spacial score (nSPS) is 30.2. The van der Waals surface area contributed by atoms with Crippen molar-refractivity contribution >= 4 is 5.91 Å². The molecule has 0 aromatic heterocycles. The first-order chi connectivity index (χ1) is 8.76. The fraction of sp³-hybridized carbons (Fsp3) is 0.933. The molecule has 4 heteroatoms. The molecule has 2 fully saturated rings. The zero-order valence-corrected chi connectivity index (χ0v) is 12.8. The molecule has 0 bridgehead atoms. The highest BCUT2D eigenvalue weighted by molar-refractivity contribution is 5.78. The summed E-state index contributed by atoms with van der Waals surface area (Å²) in [4.78, 5) is 14.4. The van der Waals surface area contributed by atoms with E-state index in [2.05, 4.69) is 37.9 Å². The predicted octanol–water partition coefficient (Wildman–Crippen LogP) is 1.79. The van der Waals surface area contributed by atoms with Crippen LogP contribution < -0.4 is 5.32 Å². The van der Waals surface area contributed by atoms with Gasteiger partial charge < -0.3 is 10.1 Å². The van der Waals surface area contributed by atoms with E-state index >= 15 is 0 Å². The lowest BCUT2D eigenvalue weighted by atomic mass is 9.93. The van der Waals surface area contributed by atoms with Gasteiger partial charge in [-0.2, -0.15) is 0 Å². The maximum absolute atomic E-state index is 12.1. The highest BCUT2D eigenvalue weighted by atomic mass is 16.5. The lowest BCUT2D eigenvalue weighted by molar-refractivity contribution is -0.125. The van der Waals surface area contributed by atoms with Gasteiger partial charge in [-0.25, -0.2) is 0 Å². The van der Waals surface area contributed by atoms with Gasteiger partial charge in [0, 0.05) is 19.2 Å². The van der Waals surface area contributed by atoms with Crippen LogP contribution in [-0.2, 0) is 9.53 Å². The third kappa shape index (κ3) is 4.46. The van der Waals surface area contributed by atoms with E-state index in [4.69, 9.17) is 4.74 Å². The van der Waals surface area contributed by atoms with E-state index in [-0.39, 0.29) is 17.6 Å². The molecule has 0 radical (unpaired) electrons. The van der Waals surface area contributed by atoms with Crippen LogP contribution in [0.15, 0.2) is 0 Å². The molecule has 0 aromatic rings. The SMILES string of the molecule is CC1(C)CCN(CC(=O)NC2CCOC(C)(C)C2)C1. The summed E-state index contributed by atoms with van der Waals surface area (Å²) in [5, 5.41) is 3.17. The average Bonchev–Trinajstić information content (AvgIpc) is 2.56. The van der Waals surface area contributed by atoms with Gasteiger partial charge in [-0.05, 0) is 45.1 Å². The minimum Gasteiger partial charge on any atom is -0.375 e. The van der Waals surface area contributed by atoms with Crippen molar-refractivity contribution in [2.24, 2.45) is 5.41 Å². The minimum atomic E-state index is -0.105. The number of amides is 1. The first-order valence-corrected chi connectivity index (χ1v) is 7.41. The van der Waals surface area contributed by atoms with Gasteiger partial charge in [0.05, 0.1) is 12.1 Å². The topological polar surface area (TPSA) is 41.6 Å². The van der Waals surface area contributed by atoms with Crippen LogP contribution in [0.5, 0.6) is 0 Å². The number of nitrogens with one attached hydrogen (secondary N) is 1. The summed E-state index contributed by atoms with van der Waals surface area (Å²) in [6.07, 6.45) is 3.02. The van der Waals surface area contributed by atoms with Crippen molar-refractivity contribution in [3.63, 3.8) is 0 Å². The molecule has 0 aromatic carbocycles. The number of rotatable bonds is 3. The molecule has 110 valence electrons. The van der Waals surface area contributed by atoms with E-state index < -0.39 is 0 Å². The average molecular weight is 268 g/mol. The second-order valence-electron chi connectivity index (χ2n) is 7.49. The van der Waals surface area contributed by atoms with Crippen LogP contribution in [0.4, 0.5) is 0 Å². The highest BCUT2D eigenvalue weighted by Gasteiger charge is 2.32. The summed E-state index contributed by atoms with van der Waals surface area (Å²) in [7, 11) is 0. The first-order valence-electron chi connectivity index (χ1n) is 7.41. The summed E-state index contributed by atoms with van der Waals surface area (Å²) in [6, 6.07) is 0.270. The zero-order valence-electron chi connectivity index (χ0n) is 12.8. The monoisotopic (exact) mass is 268 g/mol. The summed E-state index contributed by atoms with van der Waals surface area (Å²) >= 11 is 0. The Bertz CT molecular complexity index is 339. The van der Waals surface area contributed by atoms with Crippen molar-refractivity contribution in [3.8, 4) is 0 Å². The van der Waals surface area contributed by atoms with Crippen LogP contribution in [0, 0.1) is 5.41 Å². The standard InChI is InChI=1S/C15H28N2O2/c1-14(2)6-7-17(11-14)10-13(18)16-12-5-8-19-15(3,4)9-12/h12H,5-11H2,1-4H3,(H,16,18). The van der Waals surface area contributed by atoms with Gasteiger partial charge in [-0.1, -0.05) is 13.8 Å². The quantitative estimate of drug-likeness (QED) is 0.848. The molecule has 2 saturated heterocycles. The van der Waals surface area contributed by atoms with Gasteiger partial charge >= 0.3 is 0 Å². The van der Waals surface area contributed by atoms with Crippen molar-refractivity contribution in [1.29, 1.82) is 0 Å². The van der Waals surface area contributed by atoms with Gasteiger partial charge in [0.25, 0.3) is 0 Å². The Kier molecular flexibility index (Phi) is 4.21.